The van der Waals surface area contributed by atoms with Crippen molar-refractivity contribution in [1.82, 2.24) is 5.32 Å². The van der Waals surface area contributed by atoms with E-state index < -0.39 is 6.17 Å². The highest BCUT2D eigenvalue weighted by molar-refractivity contribution is 5.94. The Morgan fingerprint density at radius 2 is 1.58 bits per heavy atom. The van der Waals surface area contributed by atoms with Gasteiger partial charge in [0, 0.05) is 12.0 Å². The van der Waals surface area contributed by atoms with Crippen LogP contribution in [0.2, 0.25) is 0 Å². The molecule has 0 aliphatic heterocycles. The van der Waals surface area contributed by atoms with Gasteiger partial charge in [-0.1, -0.05) is 48.5 Å². The quantitative estimate of drug-likeness (QED) is 0.834. The topological polar surface area (TPSA) is 58.5 Å². The molecule has 4 heteroatoms. The number of hydrogen-bond donors (Lipinski definition) is 1. The van der Waals surface area contributed by atoms with E-state index >= 15 is 0 Å². The van der Waals surface area contributed by atoms with Crippen molar-refractivity contribution in [1.29, 1.82) is 0 Å². The zero-order valence-corrected chi connectivity index (χ0v) is 10.3. The summed E-state index contributed by atoms with van der Waals surface area (Å²) < 4.78 is 0. The Kier molecular flexibility index (Phi) is 4.39. The Bertz CT molecular complexity index is 541. The smallest absolute Gasteiger partial charge is 0.253 e. The Labute approximate surface area is 111 Å². The predicted molar refractivity (Wildman–Crippen MR) is 73.6 cm³/mol. The van der Waals surface area contributed by atoms with E-state index in [4.69, 9.17) is 0 Å². The Balaban J connectivity index is 2.00. The van der Waals surface area contributed by atoms with Crippen LogP contribution in [0.25, 0.3) is 0 Å². The number of carbonyl (C=O) groups excluding carboxylic acids is 1. The molecule has 4 nitrogen and oxygen atoms in total. The van der Waals surface area contributed by atoms with Crippen molar-refractivity contribution < 1.29 is 4.79 Å². The number of nitroso groups, excluding NO2 is 1. The molecule has 0 saturated heterocycles. The molecule has 2 aromatic rings. The van der Waals surface area contributed by atoms with E-state index in [0.717, 1.165) is 5.56 Å². The molecule has 1 N–H and O–H groups in total. The second-order valence-corrected chi connectivity index (χ2v) is 4.15. The Morgan fingerprint density at radius 3 is 2.16 bits per heavy atom. The van der Waals surface area contributed by atoms with Crippen LogP contribution in [-0.4, -0.2) is 12.1 Å². The fraction of sp³-hybridized carbons (Fsp3) is 0.133. The van der Waals surface area contributed by atoms with Crippen molar-refractivity contribution in [2.24, 2.45) is 5.18 Å². The normalized spacial score (nSPS) is 11.6. The first kappa shape index (κ1) is 13.0. The summed E-state index contributed by atoms with van der Waals surface area (Å²) in [6.45, 7) is 0. The zero-order chi connectivity index (χ0) is 13.5. The summed E-state index contributed by atoms with van der Waals surface area (Å²) >= 11 is 0. The minimum absolute atomic E-state index is 0.291. The summed E-state index contributed by atoms with van der Waals surface area (Å²) in [7, 11) is 0. The number of hydrogen-bond acceptors (Lipinski definition) is 3. The number of benzene rings is 2. The van der Waals surface area contributed by atoms with Crippen LogP contribution in [0.5, 0.6) is 0 Å². The third-order valence-electron chi connectivity index (χ3n) is 2.73. The van der Waals surface area contributed by atoms with E-state index in [9.17, 15) is 9.70 Å². The van der Waals surface area contributed by atoms with Crippen molar-refractivity contribution in [2.45, 2.75) is 12.6 Å². The fourth-order valence-corrected chi connectivity index (χ4v) is 1.78. The molecule has 1 amide bonds. The molecule has 0 bridgehead atoms. The molecule has 0 spiro atoms. The van der Waals surface area contributed by atoms with Crippen LogP contribution in [0.3, 0.4) is 0 Å². The van der Waals surface area contributed by atoms with Gasteiger partial charge in [-0.05, 0) is 22.9 Å². The molecule has 0 fully saturated rings. The first-order valence-electron chi connectivity index (χ1n) is 6.02. The number of carbonyl (C=O) groups is 1. The summed E-state index contributed by atoms with van der Waals surface area (Å²) in [6, 6.07) is 18.2. The summed E-state index contributed by atoms with van der Waals surface area (Å²) in [5.74, 6) is -0.291. The van der Waals surface area contributed by atoms with Gasteiger partial charge in [0.25, 0.3) is 5.91 Å². The van der Waals surface area contributed by atoms with Crippen molar-refractivity contribution in [3.05, 3.63) is 76.7 Å². The van der Waals surface area contributed by atoms with Crippen molar-refractivity contribution in [3.63, 3.8) is 0 Å². The molecular formula is C15H14N2O2. The lowest BCUT2D eigenvalue weighted by Crippen LogP contribution is -2.34. The number of rotatable bonds is 5. The van der Waals surface area contributed by atoms with Gasteiger partial charge in [0.2, 0.25) is 0 Å². The highest BCUT2D eigenvalue weighted by atomic mass is 16.3. The molecule has 0 radical (unpaired) electrons. The summed E-state index contributed by atoms with van der Waals surface area (Å²) in [4.78, 5) is 22.7. The third kappa shape index (κ3) is 3.74. The van der Waals surface area contributed by atoms with E-state index in [1.54, 1.807) is 24.3 Å². The van der Waals surface area contributed by atoms with Crippen LogP contribution in [0.4, 0.5) is 0 Å². The molecule has 0 aliphatic carbocycles. The van der Waals surface area contributed by atoms with Crippen LogP contribution >= 0.6 is 0 Å². The summed E-state index contributed by atoms with van der Waals surface area (Å²) in [6.07, 6.45) is -0.363. The maximum atomic E-state index is 11.9. The molecule has 2 aromatic carbocycles. The van der Waals surface area contributed by atoms with E-state index in [-0.39, 0.29) is 5.91 Å². The maximum Gasteiger partial charge on any atom is 0.253 e. The Morgan fingerprint density at radius 1 is 1.00 bits per heavy atom. The second kappa shape index (κ2) is 6.44. The van der Waals surface area contributed by atoms with Gasteiger partial charge in [-0.3, -0.25) is 4.79 Å². The van der Waals surface area contributed by atoms with Crippen LogP contribution in [-0.2, 0) is 6.42 Å². The van der Waals surface area contributed by atoms with E-state index in [2.05, 4.69) is 10.5 Å². The Hall–Kier alpha value is -2.49. The monoisotopic (exact) mass is 254 g/mol. The van der Waals surface area contributed by atoms with Crippen LogP contribution in [0.15, 0.2) is 65.8 Å². The van der Waals surface area contributed by atoms with E-state index in [1.165, 1.54) is 0 Å². The average molecular weight is 254 g/mol. The molecule has 0 aromatic heterocycles. The van der Waals surface area contributed by atoms with Gasteiger partial charge in [-0.2, -0.15) is 0 Å². The first-order chi connectivity index (χ1) is 9.29. The van der Waals surface area contributed by atoms with Gasteiger partial charge in [0.15, 0.2) is 6.17 Å². The molecule has 0 unspecified atom stereocenters. The van der Waals surface area contributed by atoms with Gasteiger partial charge >= 0.3 is 0 Å². The summed E-state index contributed by atoms with van der Waals surface area (Å²) in [5, 5.41) is 5.58. The highest BCUT2D eigenvalue weighted by Gasteiger charge is 2.14. The minimum atomic E-state index is -0.755. The maximum absolute atomic E-state index is 11.9. The second-order valence-electron chi connectivity index (χ2n) is 4.15. The lowest BCUT2D eigenvalue weighted by atomic mass is 10.1. The first-order valence-corrected chi connectivity index (χ1v) is 6.02. The number of amides is 1. The molecule has 2 rings (SSSR count). The van der Waals surface area contributed by atoms with Gasteiger partial charge in [-0.25, -0.2) is 0 Å². The number of nitrogens with zero attached hydrogens (tertiary/aromatic N) is 1. The number of nitrogens with one attached hydrogen (secondary N) is 1. The van der Waals surface area contributed by atoms with Gasteiger partial charge in [0.1, 0.15) is 0 Å². The van der Waals surface area contributed by atoms with Gasteiger partial charge < -0.3 is 5.32 Å². The standard InChI is InChI=1S/C15H14N2O2/c18-15(13-9-5-2-6-10-13)16-14(17-19)11-12-7-3-1-4-8-12/h1-10,14H,11H2,(H,16,18)/t14-/m1/s1. The molecule has 1 atom stereocenters. The van der Waals surface area contributed by atoms with Crippen molar-refractivity contribution >= 4 is 5.91 Å². The zero-order valence-electron chi connectivity index (χ0n) is 10.3. The van der Waals surface area contributed by atoms with Crippen molar-refractivity contribution in [2.75, 3.05) is 0 Å². The van der Waals surface area contributed by atoms with Crippen molar-refractivity contribution in [3.8, 4) is 0 Å². The molecule has 0 aliphatic rings. The summed E-state index contributed by atoms with van der Waals surface area (Å²) in [5.41, 5.74) is 1.48. The molecule has 96 valence electrons. The average Bonchev–Trinajstić information content (AvgIpc) is 2.48. The molecule has 0 saturated carbocycles. The third-order valence-corrected chi connectivity index (χ3v) is 2.73. The van der Waals surface area contributed by atoms with Gasteiger partial charge in [0.05, 0.1) is 0 Å². The van der Waals surface area contributed by atoms with Crippen LogP contribution in [0, 0.1) is 4.91 Å². The SMILES string of the molecule is O=N[C@H](Cc1ccccc1)NC(=O)c1ccccc1. The fourth-order valence-electron chi connectivity index (χ4n) is 1.78. The minimum Gasteiger partial charge on any atom is -0.327 e. The highest BCUT2D eigenvalue weighted by Crippen LogP contribution is 2.05. The molecular weight excluding hydrogens is 240 g/mol. The lowest BCUT2D eigenvalue weighted by Gasteiger charge is -2.11. The van der Waals surface area contributed by atoms with Gasteiger partial charge in [-0.15, -0.1) is 4.91 Å². The lowest BCUT2D eigenvalue weighted by molar-refractivity contribution is 0.0938. The molecule has 0 heterocycles. The van der Waals surface area contributed by atoms with Crippen LogP contribution in [0.1, 0.15) is 15.9 Å². The predicted octanol–water partition coefficient (Wildman–Crippen LogP) is 2.75. The molecule has 19 heavy (non-hydrogen) atoms. The largest absolute Gasteiger partial charge is 0.327 e. The van der Waals surface area contributed by atoms with Crippen LogP contribution < -0.4 is 5.32 Å². The van der Waals surface area contributed by atoms with E-state index in [1.807, 2.05) is 36.4 Å². The van der Waals surface area contributed by atoms with E-state index in [0.29, 0.717) is 12.0 Å².